The molecule has 0 radical (unpaired) electrons. The molecule has 2 atom stereocenters. The highest BCUT2D eigenvalue weighted by atomic mass is 32.2. The molecule has 20 heavy (non-hydrogen) atoms. The third-order valence-electron chi connectivity index (χ3n) is 3.31. The van der Waals surface area contributed by atoms with Crippen molar-refractivity contribution in [2.45, 2.75) is 70.6 Å². The van der Waals surface area contributed by atoms with Crippen molar-refractivity contribution in [3.63, 3.8) is 0 Å². The Bertz CT molecular complexity index is 303. The van der Waals surface area contributed by atoms with Crippen molar-refractivity contribution < 1.29 is 13.7 Å². The summed E-state index contributed by atoms with van der Waals surface area (Å²) in [7, 11) is -1.75. The Morgan fingerprint density at radius 2 is 1.90 bits per heavy atom. The molecule has 1 heterocycles. The molecule has 0 saturated carbocycles. The van der Waals surface area contributed by atoms with Crippen LogP contribution < -0.4 is 4.72 Å². The van der Waals surface area contributed by atoms with E-state index in [0.29, 0.717) is 5.92 Å². The second-order valence-corrected chi connectivity index (χ2v) is 13.7. The van der Waals surface area contributed by atoms with Crippen LogP contribution in [0.4, 0.5) is 0 Å². The van der Waals surface area contributed by atoms with E-state index in [9.17, 15) is 4.55 Å². The second kappa shape index (κ2) is 7.11. The summed E-state index contributed by atoms with van der Waals surface area (Å²) >= 11 is -1.04. The van der Waals surface area contributed by atoms with Gasteiger partial charge in [0.05, 0.1) is 19.3 Å². The summed E-state index contributed by atoms with van der Waals surface area (Å²) in [5.41, 5.74) is 0. The summed E-state index contributed by atoms with van der Waals surface area (Å²) in [6.45, 7) is 16.2. The van der Waals surface area contributed by atoms with Gasteiger partial charge in [-0.25, -0.2) is 0 Å². The minimum atomic E-state index is -1.75. The van der Waals surface area contributed by atoms with E-state index in [4.69, 9.17) is 9.16 Å². The fourth-order valence-corrected chi connectivity index (χ4v) is 6.24. The summed E-state index contributed by atoms with van der Waals surface area (Å²) < 4.78 is 26.9. The molecule has 0 spiro atoms. The van der Waals surface area contributed by atoms with Gasteiger partial charge in [-0.15, -0.1) is 4.72 Å². The molecule has 4 nitrogen and oxygen atoms in total. The molecule has 6 heteroatoms. The van der Waals surface area contributed by atoms with Crippen molar-refractivity contribution in [3.05, 3.63) is 0 Å². The lowest BCUT2D eigenvalue weighted by atomic mass is 10.0. The van der Waals surface area contributed by atoms with Gasteiger partial charge in [0.25, 0.3) is 0 Å². The first-order chi connectivity index (χ1) is 9.01. The molecule has 1 aliphatic rings. The SMILES string of the molecule is CC(C)O[Si](C)(C)C[C@@H](N[S@@+]([O-])C(C)(C)C)C1COC1. The van der Waals surface area contributed by atoms with Crippen LogP contribution in [0.2, 0.25) is 19.1 Å². The standard InChI is InChI=1S/C14H31NO3SSi/c1-11(2)18-20(6,7)10-13(12-8-17-9-12)15-19(16)14(3,4)5/h11-13,15H,8-10H2,1-7H3/t13-,19+/m1/s1. The average molecular weight is 322 g/mol. The zero-order chi connectivity index (χ0) is 15.6. The van der Waals surface area contributed by atoms with Crippen molar-refractivity contribution in [2.75, 3.05) is 13.2 Å². The van der Waals surface area contributed by atoms with Gasteiger partial charge < -0.3 is 13.7 Å². The molecule has 0 aromatic heterocycles. The highest BCUT2D eigenvalue weighted by Crippen LogP contribution is 2.27. The highest BCUT2D eigenvalue weighted by molar-refractivity contribution is 7.90. The molecule has 1 fully saturated rings. The van der Waals surface area contributed by atoms with Crippen LogP contribution in [0.5, 0.6) is 0 Å². The van der Waals surface area contributed by atoms with Crippen molar-refractivity contribution in [1.82, 2.24) is 4.72 Å². The number of nitrogens with one attached hydrogen (secondary N) is 1. The van der Waals surface area contributed by atoms with E-state index in [2.05, 4.69) is 31.7 Å². The Morgan fingerprint density at radius 3 is 2.25 bits per heavy atom. The maximum absolute atomic E-state index is 12.4. The molecule has 120 valence electrons. The van der Waals surface area contributed by atoms with Gasteiger partial charge in [0, 0.05) is 23.4 Å². The monoisotopic (exact) mass is 321 g/mol. The molecule has 1 aliphatic heterocycles. The first-order valence-corrected chi connectivity index (χ1v) is 11.7. The van der Waals surface area contributed by atoms with E-state index in [1.54, 1.807) is 0 Å². The smallest absolute Gasteiger partial charge is 0.188 e. The van der Waals surface area contributed by atoms with Crippen LogP contribution in [0.15, 0.2) is 0 Å². The van der Waals surface area contributed by atoms with E-state index in [-0.39, 0.29) is 16.9 Å². The van der Waals surface area contributed by atoms with Gasteiger partial charge in [-0.1, -0.05) is 0 Å². The fraction of sp³-hybridized carbons (Fsp3) is 1.00. The largest absolute Gasteiger partial charge is 0.598 e. The Labute approximate surface area is 128 Å². The van der Waals surface area contributed by atoms with Gasteiger partial charge in [0.2, 0.25) is 0 Å². The van der Waals surface area contributed by atoms with Crippen molar-refractivity contribution in [3.8, 4) is 0 Å². The van der Waals surface area contributed by atoms with Crippen LogP contribution in [-0.4, -0.2) is 43.0 Å². The zero-order valence-electron chi connectivity index (χ0n) is 14.0. The van der Waals surface area contributed by atoms with Crippen LogP contribution >= 0.6 is 0 Å². The molecular formula is C14H31NO3SSi. The molecule has 0 bridgehead atoms. The highest BCUT2D eigenvalue weighted by Gasteiger charge is 2.40. The van der Waals surface area contributed by atoms with Crippen LogP contribution in [-0.2, 0) is 20.5 Å². The van der Waals surface area contributed by atoms with Gasteiger partial charge in [-0.2, -0.15) is 0 Å². The first-order valence-electron chi connectivity index (χ1n) is 7.45. The molecule has 1 rings (SSSR count). The molecule has 0 unspecified atom stereocenters. The molecule has 0 aromatic rings. The second-order valence-electron chi connectivity index (χ2n) is 7.53. The van der Waals surface area contributed by atoms with Crippen LogP contribution in [0.3, 0.4) is 0 Å². The molecular weight excluding hydrogens is 290 g/mol. The molecule has 1 N–H and O–H groups in total. The maximum Gasteiger partial charge on any atom is 0.188 e. The van der Waals surface area contributed by atoms with Gasteiger partial charge in [-0.05, 0) is 53.8 Å². The van der Waals surface area contributed by atoms with Gasteiger partial charge in [-0.3, -0.25) is 0 Å². The van der Waals surface area contributed by atoms with Crippen LogP contribution in [0, 0.1) is 5.92 Å². The lowest BCUT2D eigenvalue weighted by molar-refractivity contribution is -0.0440. The normalized spacial score (nSPS) is 20.9. The van der Waals surface area contributed by atoms with Gasteiger partial charge in [0.1, 0.15) is 4.75 Å². The Kier molecular flexibility index (Phi) is 6.56. The van der Waals surface area contributed by atoms with Crippen molar-refractivity contribution >= 4 is 19.7 Å². The number of ether oxygens (including phenoxy) is 1. The number of hydrogen-bond acceptors (Lipinski definition) is 4. The Balaban J connectivity index is 2.65. The fourth-order valence-electron chi connectivity index (χ4n) is 2.32. The first kappa shape index (κ1) is 18.5. The maximum atomic E-state index is 12.4. The Hall–Kier alpha value is 0.407. The van der Waals surface area contributed by atoms with Gasteiger partial charge >= 0.3 is 0 Å². The topological polar surface area (TPSA) is 53.5 Å². The minimum absolute atomic E-state index is 0.226. The number of rotatable bonds is 7. The van der Waals surface area contributed by atoms with E-state index >= 15 is 0 Å². The van der Waals surface area contributed by atoms with Gasteiger partial charge in [0.15, 0.2) is 8.32 Å². The summed E-state index contributed by atoms with van der Waals surface area (Å²) in [4.78, 5) is 0. The molecule has 1 saturated heterocycles. The third-order valence-corrected chi connectivity index (χ3v) is 7.48. The van der Waals surface area contributed by atoms with E-state index in [1.165, 1.54) is 0 Å². The predicted molar refractivity (Wildman–Crippen MR) is 87.6 cm³/mol. The van der Waals surface area contributed by atoms with E-state index in [0.717, 1.165) is 19.3 Å². The molecule has 0 aliphatic carbocycles. The average Bonchev–Trinajstić information content (AvgIpc) is 2.08. The lowest BCUT2D eigenvalue weighted by Gasteiger charge is -2.39. The zero-order valence-corrected chi connectivity index (χ0v) is 15.8. The van der Waals surface area contributed by atoms with Crippen molar-refractivity contribution in [2.24, 2.45) is 5.92 Å². The minimum Gasteiger partial charge on any atom is -0.598 e. The third kappa shape index (κ3) is 6.03. The van der Waals surface area contributed by atoms with E-state index < -0.39 is 19.7 Å². The van der Waals surface area contributed by atoms with Crippen LogP contribution in [0.1, 0.15) is 34.6 Å². The van der Waals surface area contributed by atoms with Crippen LogP contribution in [0.25, 0.3) is 0 Å². The Morgan fingerprint density at radius 1 is 1.35 bits per heavy atom. The summed E-state index contributed by atoms with van der Waals surface area (Å²) in [6, 6.07) is 1.20. The summed E-state index contributed by atoms with van der Waals surface area (Å²) in [5, 5.41) is 0. The quantitative estimate of drug-likeness (QED) is 0.578. The van der Waals surface area contributed by atoms with E-state index in [1.807, 2.05) is 20.8 Å². The lowest BCUT2D eigenvalue weighted by Crippen LogP contribution is -2.55. The predicted octanol–water partition coefficient (Wildman–Crippen LogP) is 2.68. The summed E-state index contributed by atoms with van der Waals surface area (Å²) in [5.74, 6) is 0.462. The summed E-state index contributed by atoms with van der Waals surface area (Å²) in [6.07, 6.45) is 0.253. The molecule has 0 amide bonds. The molecule has 0 aromatic carbocycles. The van der Waals surface area contributed by atoms with Crippen molar-refractivity contribution in [1.29, 1.82) is 0 Å². The number of hydrogen-bond donors (Lipinski definition) is 1.